The number of aromatic amines is 1. The minimum absolute atomic E-state index is 0.185. The zero-order valence-corrected chi connectivity index (χ0v) is 7.77. The fraction of sp³-hybridized carbons (Fsp3) is 0.556. The minimum Gasteiger partial charge on any atom is -0.394 e. The third-order valence-electron chi connectivity index (χ3n) is 1.84. The SMILES string of the molecule is CN(Cc1ccc[nH]1)CC(O)CO. The number of nitrogens with zero attached hydrogens (tertiary/aromatic N) is 1. The molecule has 1 unspecified atom stereocenters. The van der Waals surface area contributed by atoms with Gasteiger partial charge in [-0.15, -0.1) is 0 Å². The van der Waals surface area contributed by atoms with Gasteiger partial charge in [0.15, 0.2) is 0 Å². The molecule has 4 nitrogen and oxygen atoms in total. The van der Waals surface area contributed by atoms with E-state index in [-0.39, 0.29) is 6.61 Å². The maximum absolute atomic E-state index is 9.16. The fourth-order valence-electron chi connectivity index (χ4n) is 1.24. The van der Waals surface area contributed by atoms with E-state index in [4.69, 9.17) is 10.2 Å². The molecule has 13 heavy (non-hydrogen) atoms. The Hall–Kier alpha value is -0.840. The Kier molecular flexibility index (Phi) is 3.95. The second-order valence-corrected chi connectivity index (χ2v) is 3.23. The van der Waals surface area contributed by atoms with E-state index in [2.05, 4.69) is 4.98 Å². The zero-order valence-electron chi connectivity index (χ0n) is 7.77. The number of aliphatic hydroxyl groups is 2. The Morgan fingerprint density at radius 2 is 2.38 bits per heavy atom. The fourth-order valence-corrected chi connectivity index (χ4v) is 1.24. The number of likely N-dealkylation sites (N-methyl/N-ethyl adjacent to an activating group) is 1. The lowest BCUT2D eigenvalue weighted by molar-refractivity contribution is 0.0645. The van der Waals surface area contributed by atoms with Crippen LogP contribution in [0.15, 0.2) is 18.3 Å². The Bertz CT molecular complexity index is 224. The van der Waals surface area contributed by atoms with Crippen molar-refractivity contribution < 1.29 is 10.2 Å². The van der Waals surface area contributed by atoms with E-state index in [0.717, 1.165) is 12.2 Å². The molecule has 0 radical (unpaired) electrons. The van der Waals surface area contributed by atoms with E-state index in [1.54, 1.807) is 0 Å². The summed E-state index contributed by atoms with van der Waals surface area (Å²) in [6, 6.07) is 3.92. The molecular formula is C9H16N2O2. The maximum Gasteiger partial charge on any atom is 0.0897 e. The van der Waals surface area contributed by atoms with E-state index in [9.17, 15) is 0 Å². The molecule has 0 aromatic carbocycles. The second-order valence-electron chi connectivity index (χ2n) is 3.23. The van der Waals surface area contributed by atoms with Crippen molar-refractivity contribution in [3.05, 3.63) is 24.0 Å². The second kappa shape index (κ2) is 5.01. The van der Waals surface area contributed by atoms with Crippen LogP contribution >= 0.6 is 0 Å². The van der Waals surface area contributed by atoms with Gasteiger partial charge in [0.25, 0.3) is 0 Å². The Morgan fingerprint density at radius 3 is 2.92 bits per heavy atom. The third kappa shape index (κ3) is 3.59. The third-order valence-corrected chi connectivity index (χ3v) is 1.84. The van der Waals surface area contributed by atoms with Crippen molar-refractivity contribution in [2.45, 2.75) is 12.6 Å². The number of H-pyrrole nitrogens is 1. The lowest BCUT2D eigenvalue weighted by Crippen LogP contribution is -2.31. The van der Waals surface area contributed by atoms with E-state index in [1.807, 2.05) is 30.3 Å². The van der Waals surface area contributed by atoms with Gasteiger partial charge in [-0.3, -0.25) is 4.90 Å². The maximum atomic E-state index is 9.16. The molecule has 0 fully saturated rings. The molecule has 1 atom stereocenters. The first kappa shape index (κ1) is 10.2. The highest BCUT2D eigenvalue weighted by atomic mass is 16.3. The van der Waals surface area contributed by atoms with Crippen LogP contribution in [-0.4, -0.2) is 46.4 Å². The molecule has 1 heterocycles. The van der Waals surface area contributed by atoms with Crippen molar-refractivity contribution in [3.63, 3.8) is 0 Å². The van der Waals surface area contributed by atoms with Crippen molar-refractivity contribution in [3.8, 4) is 0 Å². The summed E-state index contributed by atoms with van der Waals surface area (Å²) in [5, 5.41) is 17.8. The Morgan fingerprint density at radius 1 is 1.62 bits per heavy atom. The number of hydrogen-bond acceptors (Lipinski definition) is 3. The molecule has 0 aliphatic heterocycles. The molecular weight excluding hydrogens is 168 g/mol. The highest BCUT2D eigenvalue weighted by Gasteiger charge is 2.06. The van der Waals surface area contributed by atoms with Gasteiger partial charge in [0, 0.05) is 25.0 Å². The highest BCUT2D eigenvalue weighted by molar-refractivity contribution is 5.03. The van der Waals surface area contributed by atoms with E-state index < -0.39 is 6.10 Å². The van der Waals surface area contributed by atoms with Crippen LogP contribution in [0.3, 0.4) is 0 Å². The summed E-state index contributed by atoms with van der Waals surface area (Å²) in [6.45, 7) is 1.05. The van der Waals surface area contributed by atoms with Crippen LogP contribution in [0.4, 0.5) is 0 Å². The van der Waals surface area contributed by atoms with Crippen LogP contribution in [0.2, 0.25) is 0 Å². The molecule has 0 saturated heterocycles. The van der Waals surface area contributed by atoms with Gasteiger partial charge in [0.1, 0.15) is 0 Å². The average molecular weight is 184 g/mol. The summed E-state index contributed by atoms with van der Waals surface area (Å²) in [7, 11) is 1.90. The number of hydrogen-bond donors (Lipinski definition) is 3. The van der Waals surface area contributed by atoms with Gasteiger partial charge < -0.3 is 15.2 Å². The van der Waals surface area contributed by atoms with Gasteiger partial charge in [-0.05, 0) is 19.2 Å². The molecule has 0 spiro atoms. The highest BCUT2D eigenvalue weighted by Crippen LogP contribution is 1.99. The van der Waals surface area contributed by atoms with E-state index in [1.165, 1.54) is 0 Å². The van der Waals surface area contributed by atoms with Crippen LogP contribution in [0.1, 0.15) is 5.69 Å². The van der Waals surface area contributed by atoms with Crippen molar-refractivity contribution in [1.29, 1.82) is 0 Å². The van der Waals surface area contributed by atoms with Gasteiger partial charge in [0.05, 0.1) is 12.7 Å². The summed E-state index contributed by atoms with van der Waals surface area (Å²) in [4.78, 5) is 5.02. The largest absolute Gasteiger partial charge is 0.394 e. The Balaban J connectivity index is 2.29. The van der Waals surface area contributed by atoms with Gasteiger partial charge in [-0.2, -0.15) is 0 Å². The minimum atomic E-state index is -0.653. The van der Waals surface area contributed by atoms with Gasteiger partial charge >= 0.3 is 0 Å². The standard InChI is InChI=1S/C9H16N2O2/c1-11(6-9(13)7-12)5-8-3-2-4-10-8/h2-4,9-10,12-13H,5-7H2,1H3. The molecule has 3 N–H and O–H groups in total. The summed E-state index contributed by atoms with van der Waals surface area (Å²) >= 11 is 0. The Labute approximate surface area is 77.8 Å². The zero-order chi connectivity index (χ0) is 9.68. The molecule has 1 rings (SSSR count). The van der Waals surface area contributed by atoms with Gasteiger partial charge in [-0.1, -0.05) is 0 Å². The summed E-state index contributed by atoms with van der Waals surface area (Å²) in [6.07, 6.45) is 1.21. The van der Waals surface area contributed by atoms with Crippen molar-refractivity contribution in [2.24, 2.45) is 0 Å². The molecule has 0 bridgehead atoms. The summed E-state index contributed by atoms with van der Waals surface area (Å²) in [5.74, 6) is 0. The van der Waals surface area contributed by atoms with Crippen molar-refractivity contribution >= 4 is 0 Å². The first-order valence-electron chi connectivity index (χ1n) is 4.32. The van der Waals surface area contributed by atoms with Crippen LogP contribution in [0, 0.1) is 0 Å². The van der Waals surface area contributed by atoms with Crippen LogP contribution in [0.25, 0.3) is 0 Å². The summed E-state index contributed by atoms with van der Waals surface area (Å²) < 4.78 is 0. The molecule has 0 aliphatic rings. The van der Waals surface area contributed by atoms with Crippen molar-refractivity contribution in [1.82, 2.24) is 9.88 Å². The first-order chi connectivity index (χ1) is 6.22. The molecule has 4 heteroatoms. The van der Waals surface area contributed by atoms with E-state index in [0.29, 0.717) is 6.54 Å². The number of rotatable bonds is 5. The normalized spacial score (nSPS) is 13.5. The average Bonchev–Trinajstić information content (AvgIpc) is 2.56. The van der Waals surface area contributed by atoms with E-state index >= 15 is 0 Å². The monoisotopic (exact) mass is 184 g/mol. The topological polar surface area (TPSA) is 59.5 Å². The van der Waals surface area contributed by atoms with Gasteiger partial charge in [-0.25, -0.2) is 0 Å². The number of aliphatic hydroxyl groups excluding tert-OH is 2. The van der Waals surface area contributed by atoms with Gasteiger partial charge in [0.2, 0.25) is 0 Å². The predicted octanol–water partition coefficient (Wildman–Crippen LogP) is -0.200. The lowest BCUT2D eigenvalue weighted by atomic mass is 10.3. The van der Waals surface area contributed by atoms with Crippen molar-refractivity contribution in [2.75, 3.05) is 20.2 Å². The molecule has 1 aromatic rings. The molecule has 74 valence electrons. The molecule has 0 amide bonds. The van der Waals surface area contributed by atoms with Crippen LogP contribution < -0.4 is 0 Å². The predicted molar refractivity (Wildman–Crippen MR) is 50.2 cm³/mol. The van der Waals surface area contributed by atoms with Crippen LogP contribution in [-0.2, 0) is 6.54 Å². The summed E-state index contributed by atoms with van der Waals surface area (Å²) in [5.41, 5.74) is 1.10. The number of nitrogens with one attached hydrogen (secondary N) is 1. The van der Waals surface area contributed by atoms with Crippen LogP contribution in [0.5, 0.6) is 0 Å². The number of aromatic nitrogens is 1. The first-order valence-corrected chi connectivity index (χ1v) is 4.32. The molecule has 1 aromatic heterocycles. The smallest absolute Gasteiger partial charge is 0.0897 e. The molecule has 0 aliphatic carbocycles. The lowest BCUT2D eigenvalue weighted by Gasteiger charge is -2.18. The quantitative estimate of drug-likeness (QED) is 0.594. The molecule has 0 saturated carbocycles.